The molecule has 1 amide bonds. The normalized spacial score (nSPS) is 10.4. The van der Waals surface area contributed by atoms with Crippen molar-refractivity contribution < 1.29 is 18.8 Å². The first-order valence-corrected chi connectivity index (χ1v) is 7.45. The Kier molecular flexibility index (Phi) is 5.63. The Morgan fingerprint density at radius 3 is 2.70 bits per heavy atom. The summed E-state index contributed by atoms with van der Waals surface area (Å²) in [6.45, 7) is 3.01. The van der Waals surface area contributed by atoms with Gasteiger partial charge in [-0.3, -0.25) is 9.59 Å². The first-order valence-electron chi connectivity index (χ1n) is 6.69. The Bertz CT molecular complexity index is 724. The molecular formula is C15H14Cl2N2O4. The van der Waals surface area contributed by atoms with Gasteiger partial charge in [0, 0.05) is 5.56 Å². The lowest BCUT2D eigenvalue weighted by atomic mass is 10.1. The van der Waals surface area contributed by atoms with Gasteiger partial charge in [0.15, 0.2) is 6.61 Å². The number of hydrogen-bond acceptors (Lipinski definition) is 5. The van der Waals surface area contributed by atoms with Crippen LogP contribution in [0.2, 0.25) is 10.0 Å². The predicted molar refractivity (Wildman–Crippen MR) is 85.7 cm³/mol. The summed E-state index contributed by atoms with van der Waals surface area (Å²) in [5.41, 5.74) is 1.63. The van der Waals surface area contributed by atoms with Crippen molar-refractivity contribution in [3.8, 4) is 0 Å². The molecule has 1 N–H and O–H groups in total. The molecule has 2 aromatic rings. The maximum Gasteiger partial charge on any atom is 0.310 e. The fraction of sp³-hybridized carbons (Fsp3) is 0.267. The van der Waals surface area contributed by atoms with Crippen molar-refractivity contribution in [1.29, 1.82) is 0 Å². The lowest BCUT2D eigenvalue weighted by molar-refractivity contribution is -0.146. The Morgan fingerprint density at radius 1 is 1.30 bits per heavy atom. The van der Waals surface area contributed by atoms with Gasteiger partial charge >= 0.3 is 5.97 Å². The van der Waals surface area contributed by atoms with Gasteiger partial charge in [-0.1, -0.05) is 34.4 Å². The molecule has 1 heterocycles. The van der Waals surface area contributed by atoms with Crippen LogP contribution in [0, 0.1) is 13.8 Å². The molecule has 1 aromatic carbocycles. The number of halogens is 2. The summed E-state index contributed by atoms with van der Waals surface area (Å²) in [5, 5.41) is 6.82. The van der Waals surface area contributed by atoms with Crippen molar-refractivity contribution in [1.82, 2.24) is 5.16 Å². The summed E-state index contributed by atoms with van der Waals surface area (Å²) in [4.78, 5) is 23.6. The maximum atomic E-state index is 11.8. The van der Waals surface area contributed by atoms with E-state index in [9.17, 15) is 9.59 Å². The molecule has 6 nitrogen and oxygen atoms in total. The van der Waals surface area contributed by atoms with Crippen molar-refractivity contribution in [2.75, 3.05) is 11.9 Å². The SMILES string of the molecule is Cc1noc(C)c1CC(=O)OCC(=O)Nc1cccc(Cl)c1Cl. The zero-order valence-electron chi connectivity index (χ0n) is 12.5. The van der Waals surface area contributed by atoms with E-state index in [1.165, 1.54) is 0 Å². The molecule has 0 atom stereocenters. The van der Waals surface area contributed by atoms with Crippen LogP contribution in [0.4, 0.5) is 5.69 Å². The molecule has 23 heavy (non-hydrogen) atoms. The van der Waals surface area contributed by atoms with Crippen molar-refractivity contribution in [3.63, 3.8) is 0 Å². The average molecular weight is 357 g/mol. The largest absolute Gasteiger partial charge is 0.455 e. The topological polar surface area (TPSA) is 81.4 Å². The van der Waals surface area contributed by atoms with E-state index < -0.39 is 18.5 Å². The lowest BCUT2D eigenvalue weighted by Gasteiger charge is -2.08. The third-order valence-electron chi connectivity index (χ3n) is 3.09. The highest BCUT2D eigenvalue weighted by atomic mass is 35.5. The molecule has 2 rings (SSSR count). The minimum absolute atomic E-state index is 0.00757. The molecule has 0 aliphatic heterocycles. The van der Waals surface area contributed by atoms with Crippen molar-refractivity contribution >= 4 is 40.8 Å². The van der Waals surface area contributed by atoms with Crippen molar-refractivity contribution in [3.05, 3.63) is 45.3 Å². The van der Waals surface area contributed by atoms with Crippen LogP contribution in [0.15, 0.2) is 22.7 Å². The fourth-order valence-electron chi connectivity index (χ4n) is 1.88. The number of anilines is 1. The van der Waals surface area contributed by atoms with E-state index in [4.69, 9.17) is 32.5 Å². The third-order valence-corrected chi connectivity index (χ3v) is 3.91. The number of aryl methyl sites for hydroxylation is 2. The number of esters is 1. The molecule has 0 aliphatic carbocycles. The van der Waals surface area contributed by atoms with Gasteiger partial charge in [0.2, 0.25) is 0 Å². The van der Waals surface area contributed by atoms with E-state index in [0.717, 1.165) is 0 Å². The van der Waals surface area contributed by atoms with Crippen LogP contribution in [0.5, 0.6) is 0 Å². The van der Waals surface area contributed by atoms with Crippen LogP contribution in [0.25, 0.3) is 0 Å². The Morgan fingerprint density at radius 2 is 2.04 bits per heavy atom. The summed E-state index contributed by atoms with van der Waals surface area (Å²) >= 11 is 11.8. The van der Waals surface area contributed by atoms with Crippen LogP contribution in [0.3, 0.4) is 0 Å². The molecule has 0 fully saturated rings. The number of aromatic nitrogens is 1. The first kappa shape index (κ1) is 17.3. The second-order valence-corrected chi connectivity index (χ2v) is 5.57. The van der Waals surface area contributed by atoms with Crippen molar-refractivity contribution in [2.24, 2.45) is 0 Å². The molecule has 0 unspecified atom stereocenters. The first-order chi connectivity index (χ1) is 10.9. The number of amides is 1. The quantitative estimate of drug-likeness (QED) is 0.831. The number of carbonyl (C=O) groups excluding carboxylic acids is 2. The van der Waals surface area contributed by atoms with Crippen LogP contribution in [0.1, 0.15) is 17.0 Å². The fourth-order valence-corrected chi connectivity index (χ4v) is 2.23. The molecule has 0 radical (unpaired) electrons. The predicted octanol–water partition coefficient (Wildman–Crippen LogP) is 3.32. The summed E-state index contributed by atoms with van der Waals surface area (Å²) in [6, 6.07) is 4.84. The third kappa shape index (κ3) is 4.46. The molecule has 0 bridgehead atoms. The minimum Gasteiger partial charge on any atom is -0.455 e. The molecule has 0 aliphatic rings. The smallest absolute Gasteiger partial charge is 0.310 e. The van der Waals surface area contributed by atoms with Gasteiger partial charge in [-0.15, -0.1) is 0 Å². The monoisotopic (exact) mass is 356 g/mol. The molecule has 122 valence electrons. The summed E-state index contributed by atoms with van der Waals surface area (Å²) in [7, 11) is 0. The zero-order valence-corrected chi connectivity index (χ0v) is 14.0. The number of nitrogens with zero attached hydrogens (tertiary/aromatic N) is 1. The van der Waals surface area contributed by atoms with E-state index in [2.05, 4.69) is 10.5 Å². The van der Waals surface area contributed by atoms with Gasteiger partial charge in [-0.05, 0) is 26.0 Å². The number of ether oxygens (including phenoxy) is 1. The highest BCUT2D eigenvalue weighted by Crippen LogP contribution is 2.29. The van der Waals surface area contributed by atoms with Crippen LogP contribution in [-0.2, 0) is 20.7 Å². The highest BCUT2D eigenvalue weighted by Gasteiger charge is 2.16. The number of carbonyl (C=O) groups is 2. The number of benzene rings is 1. The summed E-state index contributed by atoms with van der Waals surface area (Å²) in [6.07, 6.45) is -0.00757. The Balaban J connectivity index is 1.87. The number of rotatable bonds is 5. The molecule has 8 heteroatoms. The molecule has 0 saturated carbocycles. The minimum atomic E-state index is -0.549. The van der Waals surface area contributed by atoms with E-state index >= 15 is 0 Å². The average Bonchev–Trinajstić information content (AvgIpc) is 2.82. The Hall–Kier alpha value is -2.05. The van der Waals surface area contributed by atoms with Gasteiger partial charge in [0.1, 0.15) is 5.76 Å². The van der Waals surface area contributed by atoms with Crippen LogP contribution >= 0.6 is 23.2 Å². The molecule has 1 aromatic heterocycles. The second-order valence-electron chi connectivity index (χ2n) is 4.79. The van der Waals surface area contributed by atoms with Gasteiger partial charge in [-0.2, -0.15) is 0 Å². The van der Waals surface area contributed by atoms with Gasteiger partial charge in [-0.25, -0.2) is 0 Å². The molecular weight excluding hydrogens is 343 g/mol. The van der Waals surface area contributed by atoms with Gasteiger partial charge < -0.3 is 14.6 Å². The van der Waals surface area contributed by atoms with E-state index in [0.29, 0.717) is 27.7 Å². The van der Waals surface area contributed by atoms with Crippen LogP contribution in [-0.4, -0.2) is 23.6 Å². The summed E-state index contributed by atoms with van der Waals surface area (Å²) in [5.74, 6) is -0.511. The lowest BCUT2D eigenvalue weighted by Crippen LogP contribution is -2.22. The van der Waals surface area contributed by atoms with E-state index in [-0.39, 0.29) is 11.4 Å². The Labute approximate surface area is 142 Å². The second kappa shape index (κ2) is 7.48. The zero-order chi connectivity index (χ0) is 17.0. The summed E-state index contributed by atoms with van der Waals surface area (Å²) < 4.78 is 9.89. The standard InChI is InChI=1S/C15H14Cl2N2O4/c1-8-10(9(2)23-19-8)6-14(21)22-7-13(20)18-12-5-3-4-11(16)15(12)17/h3-5H,6-7H2,1-2H3,(H,18,20). The molecule has 0 spiro atoms. The van der Waals surface area contributed by atoms with Gasteiger partial charge in [0.05, 0.1) is 27.8 Å². The number of hydrogen-bond donors (Lipinski definition) is 1. The van der Waals surface area contributed by atoms with E-state index in [1.807, 2.05) is 0 Å². The number of nitrogens with one attached hydrogen (secondary N) is 1. The maximum absolute atomic E-state index is 11.8. The van der Waals surface area contributed by atoms with Crippen molar-refractivity contribution in [2.45, 2.75) is 20.3 Å². The van der Waals surface area contributed by atoms with Gasteiger partial charge in [0.25, 0.3) is 5.91 Å². The molecule has 0 saturated heterocycles. The van der Waals surface area contributed by atoms with Crippen LogP contribution < -0.4 is 5.32 Å². The highest BCUT2D eigenvalue weighted by molar-refractivity contribution is 6.43. The van der Waals surface area contributed by atoms with E-state index in [1.54, 1.807) is 32.0 Å².